The Hall–Kier alpha value is -1.66. The Bertz CT molecular complexity index is 775. The van der Waals surface area contributed by atoms with Gasteiger partial charge in [0.15, 0.2) is 5.76 Å². The average Bonchev–Trinajstić information content (AvgIpc) is 3.21. The summed E-state index contributed by atoms with van der Waals surface area (Å²) in [6.45, 7) is 1.99. The Labute approximate surface area is 148 Å². The van der Waals surface area contributed by atoms with Crippen LogP contribution in [0.4, 0.5) is 0 Å². The van der Waals surface area contributed by atoms with Gasteiger partial charge in [0.05, 0.1) is 18.2 Å². The minimum atomic E-state index is -0.644. The lowest BCUT2D eigenvalue weighted by Crippen LogP contribution is -2.35. The first kappa shape index (κ1) is 15.8. The van der Waals surface area contributed by atoms with E-state index >= 15 is 0 Å². The van der Waals surface area contributed by atoms with Crippen molar-refractivity contribution >= 4 is 21.9 Å². The van der Waals surface area contributed by atoms with Crippen LogP contribution in [0.2, 0.25) is 0 Å². The number of carbonyl (C=O) groups is 1. The third-order valence-electron chi connectivity index (χ3n) is 5.39. The molecule has 0 unspecified atom stereocenters. The molecule has 0 bridgehead atoms. The smallest absolute Gasteiger partial charge is 0.311 e. The van der Waals surface area contributed by atoms with E-state index < -0.39 is 11.4 Å². The minimum absolute atomic E-state index is 0.259. The van der Waals surface area contributed by atoms with Crippen molar-refractivity contribution in [2.45, 2.75) is 25.8 Å². The quantitative estimate of drug-likeness (QED) is 0.859. The van der Waals surface area contributed by atoms with E-state index in [0.29, 0.717) is 19.0 Å². The molecule has 1 N–H and O–H groups in total. The molecule has 1 aliphatic heterocycles. The number of carboxylic acid groups (broad SMARTS) is 1. The maximum atomic E-state index is 11.8. The number of carboxylic acids is 1. The highest BCUT2D eigenvalue weighted by molar-refractivity contribution is 9.10. The van der Waals surface area contributed by atoms with E-state index in [9.17, 15) is 9.90 Å². The van der Waals surface area contributed by atoms with Crippen molar-refractivity contribution in [3.63, 3.8) is 0 Å². The minimum Gasteiger partial charge on any atom is -0.481 e. The molecule has 2 aromatic rings. The Morgan fingerprint density at radius 3 is 3.12 bits per heavy atom. The highest BCUT2D eigenvalue weighted by Crippen LogP contribution is 2.49. The molecule has 2 heterocycles. The van der Waals surface area contributed by atoms with Crippen molar-refractivity contribution in [3.05, 3.63) is 40.8 Å². The molecular formula is C18H19BrN2O3. The van der Waals surface area contributed by atoms with Gasteiger partial charge in [0.1, 0.15) is 0 Å². The number of hydrogen-bond acceptors (Lipinski definition) is 4. The number of fused-ring (bicyclic) bond motifs is 1. The monoisotopic (exact) mass is 390 g/mol. The van der Waals surface area contributed by atoms with E-state index in [1.807, 2.05) is 24.3 Å². The number of aromatic nitrogens is 1. The summed E-state index contributed by atoms with van der Waals surface area (Å²) in [5.41, 5.74) is 0.420. The zero-order valence-corrected chi connectivity index (χ0v) is 14.8. The van der Waals surface area contributed by atoms with Gasteiger partial charge in [-0.25, -0.2) is 4.98 Å². The van der Waals surface area contributed by atoms with Crippen LogP contribution in [-0.4, -0.2) is 34.0 Å². The fourth-order valence-electron chi connectivity index (χ4n) is 4.21. The second-order valence-corrected chi connectivity index (χ2v) is 7.76. The first-order valence-electron chi connectivity index (χ1n) is 8.23. The van der Waals surface area contributed by atoms with Crippen LogP contribution in [0.1, 0.15) is 25.2 Å². The van der Waals surface area contributed by atoms with E-state index in [1.54, 1.807) is 6.20 Å². The van der Waals surface area contributed by atoms with E-state index in [1.165, 1.54) is 0 Å². The third-order valence-corrected chi connectivity index (χ3v) is 5.88. The Morgan fingerprint density at radius 1 is 1.50 bits per heavy atom. The van der Waals surface area contributed by atoms with Gasteiger partial charge in [-0.3, -0.25) is 9.69 Å². The maximum Gasteiger partial charge on any atom is 0.311 e. The fourth-order valence-corrected chi connectivity index (χ4v) is 4.61. The molecule has 0 radical (unpaired) electrons. The van der Waals surface area contributed by atoms with Gasteiger partial charge in [-0.15, -0.1) is 0 Å². The van der Waals surface area contributed by atoms with Crippen LogP contribution in [0.25, 0.3) is 11.3 Å². The van der Waals surface area contributed by atoms with Crippen LogP contribution in [0.3, 0.4) is 0 Å². The summed E-state index contributed by atoms with van der Waals surface area (Å²) in [6, 6.07) is 7.90. The van der Waals surface area contributed by atoms with Crippen LogP contribution in [0.15, 0.2) is 39.4 Å². The number of rotatable bonds is 4. The Morgan fingerprint density at radius 2 is 2.38 bits per heavy atom. The van der Waals surface area contributed by atoms with Gasteiger partial charge >= 0.3 is 5.97 Å². The molecule has 6 heteroatoms. The lowest BCUT2D eigenvalue weighted by atomic mass is 9.81. The zero-order valence-electron chi connectivity index (χ0n) is 13.2. The lowest BCUT2D eigenvalue weighted by Gasteiger charge is -2.23. The second-order valence-electron chi connectivity index (χ2n) is 6.85. The van der Waals surface area contributed by atoms with Gasteiger partial charge in [0.2, 0.25) is 5.89 Å². The van der Waals surface area contributed by atoms with E-state index in [2.05, 4.69) is 25.8 Å². The molecule has 2 fully saturated rings. The molecule has 1 aromatic heterocycles. The van der Waals surface area contributed by atoms with Crippen LogP contribution < -0.4 is 0 Å². The van der Waals surface area contributed by atoms with Crippen molar-refractivity contribution < 1.29 is 14.3 Å². The van der Waals surface area contributed by atoms with Crippen LogP contribution in [0.5, 0.6) is 0 Å². The number of oxazole rings is 1. The summed E-state index contributed by atoms with van der Waals surface area (Å²) in [5.74, 6) is 0.994. The standard InChI is InChI=1S/C18H19BrN2O3/c19-14-5-1-3-12(7-14)15-8-20-16(24-15)10-21-9-13-4-2-6-18(13,11-21)17(22)23/h1,3,5,7-8,13H,2,4,6,9-11H2,(H,22,23)/t13-,18+/m0/s1. The topological polar surface area (TPSA) is 66.6 Å². The second kappa shape index (κ2) is 6.01. The summed E-state index contributed by atoms with van der Waals surface area (Å²) in [6.07, 6.45) is 4.56. The maximum absolute atomic E-state index is 11.8. The first-order chi connectivity index (χ1) is 11.6. The molecule has 1 aromatic carbocycles. The largest absolute Gasteiger partial charge is 0.481 e. The summed E-state index contributed by atoms with van der Waals surface area (Å²) in [4.78, 5) is 18.3. The van der Waals surface area contributed by atoms with Gasteiger partial charge in [-0.1, -0.05) is 34.5 Å². The molecular weight excluding hydrogens is 372 g/mol. The van der Waals surface area contributed by atoms with Gasteiger partial charge in [0, 0.05) is 23.1 Å². The molecule has 2 atom stereocenters. The average molecular weight is 391 g/mol. The molecule has 4 rings (SSSR count). The van der Waals surface area contributed by atoms with Crippen LogP contribution in [-0.2, 0) is 11.3 Å². The summed E-state index contributed by atoms with van der Waals surface area (Å²) in [7, 11) is 0. The number of nitrogens with zero attached hydrogens (tertiary/aromatic N) is 2. The van der Waals surface area contributed by atoms with Gasteiger partial charge < -0.3 is 9.52 Å². The van der Waals surface area contributed by atoms with E-state index in [4.69, 9.17) is 4.42 Å². The third kappa shape index (κ3) is 2.67. The zero-order chi connectivity index (χ0) is 16.7. The highest BCUT2D eigenvalue weighted by atomic mass is 79.9. The Balaban J connectivity index is 1.48. The summed E-state index contributed by atoms with van der Waals surface area (Å²) >= 11 is 3.46. The SMILES string of the molecule is O=C(O)[C@@]12CCC[C@H]1CN(Cc1ncc(-c3cccc(Br)c3)o1)C2. The molecule has 1 saturated heterocycles. The number of halogens is 1. The predicted octanol–water partition coefficient (Wildman–Crippen LogP) is 3.79. The van der Waals surface area contributed by atoms with Crippen molar-refractivity contribution in [1.82, 2.24) is 9.88 Å². The van der Waals surface area contributed by atoms with E-state index in [0.717, 1.165) is 41.6 Å². The van der Waals surface area contributed by atoms with Crippen molar-refractivity contribution in [2.24, 2.45) is 11.3 Å². The Kier molecular flexibility index (Phi) is 3.96. The van der Waals surface area contributed by atoms with Crippen LogP contribution >= 0.6 is 15.9 Å². The fraction of sp³-hybridized carbons (Fsp3) is 0.444. The normalized spacial score (nSPS) is 26.6. The molecule has 2 aliphatic rings. The van der Waals surface area contributed by atoms with Gasteiger partial charge in [0.25, 0.3) is 0 Å². The molecule has 5 nitrogen and oxygen atoms in total. The van der Waals surface area contributed by atoms with Crippen molar-refractivity contribution in [1.29, 1.82) is 0 Å². The number of benzene rings is 1. The summed E-state index contributed by atoms with van der Waals surface area (Å²) in [5, 5.41) is 9.67. The molecule has 24 heavy (non-hydrogen) atoms. The number of hydrogen-bond donors (Lipinski definition) is 1. The van der Waals surface area contributed by atoms with Crippen LogP contribution in [0, 0.1) is 11.3 Å². The van der Waals surface area contributed by atoms with Gasteiger partial charge in [-0.05, 0) is 30.9 Å². The molecule has 1 aliphatic carbocycles. The van der Waals surface area contributed by atoms with E-state index in [-0.39, 0.29) is 5.92 Å². The lowest BCUT2D eigenvalue weighted by molar-refractivity contribution is -0.149. The highest BCUT2D eigenvalue weighted by Gasteiger charge is 2.54. The number of likely N-dealkylation sites (tertiary alicyclic amines) is 1. The number of aliphatic carboxylic acids is 1. The van der Waals surface area contributed by atoms with Gasteiger partial charge in [-0.2, -0.15) is 0 Å². The molecule has 126 valence electrons. The van der Waals surface area contributed by atoms with Crippen molar-refractivity contribution in [3.8, 4) is 11.3 Å². The predicted molar refractivity (Wildman–Crippen MR) is 92.3 cm³/mol. The van der Waals surface area contributed by atoms with Crippen molar-refractivity contribution in [2.75, 3.05) is 13.1 Å². The molecule has 0 spiro atoms. The first-order valence-corrected chi connectivity index (χ1v) is 9.02. The molecule has 1 saturated carbocycles. The summed E-state index contributed by atoms with van der Waals surface area (Å²) < 4.78 is 6.88. The molecule has 0 amide bonds.